The lowest BCUT2D eigenvalue weighted by atomic mass is 9.99. The average Bonchev–Trinajstić information content (AvgIpc) is 2.06. The molecule has 0 radical (unpaired) electrons. The van der Waals surface area contributed by atoms with Gasteiger partial charge in [0, 0.05) is 0 Å². The first-order valence-electron chi connectivity index (χ1n) is 3.51. The predicted molar refractivity (Wildman–Crippen MR) is 46.7 cm³/mol. The normalized spacial score (nSPS) is 15.9. The SMILES string of the molecule is CC(O)(CCl)c1ccccc1. The van der Waals surface area contributed by atoms with Gasteiger partial charge in [0.15, 0.2) is 0 Å². The van der Waals surface area contributed by atoms with Gasteiger partial charge >= 0.3 is 0 Å². The lowest BCUT2D eigenvalue weighted by Crippen LogP contribution is -2.22. The van der Waals surface area contributed by atoms with Gasteiger partial charge in [-0.15, -0.1) is 11.6 Å². The maximum absolute atomic E-state index is 9.66. The van der Waals surface area contributed by atoms with Crippen LogP contribution in [0.2, 0.25) is 0 Å². The van der Waals surface area contributed by atoms with Crippen molar-refractivity contribution in [2.24, 2.45) is 0 Å². The standard InChI is InChI=1S/C9H11ClO/c1-9(11,7-10)8-5-3-2-4-6-8/h2-6,11H,7H2,1H3. The molecule has 1 atom stereocenters. The summed E-state index contributed by atoms with van der Waals surface area (Å²) in [5, 5.41) is 9.66. The van der Waals surface area contributed by atoms with E-state index in [4.69, 9.17) is 11.6 Å². The van der Waals surface area contributed by atoms with E-state index in [2.05, 4.69) is 0 Å². The van der Waals surface area contributed by atoms with Gasteiger partial charge in [-0.05, 0) is 12.5 Å². The molecule has 0 bridgehead atoms. The van der Waals surface area contributed by atoms with Crippen molar-refractivity contribution in [3.63, 3.8) is 0 Å². The molecule has 60 valence electrons. The van der Waals surface area contributed by atoms with E-state index in [0.29, 0.717) is 0 Å². The monoisotopic (exact) mass is 170 g/mol. The van der Waals surface area contributed by atoms with Crippen LogP contribution in [0.25, 0.3) is 0 Å². The fourth-order valence-electron chi connectivity index (χ4n) is 0.874. The van der Waals surface area contributed by atoms with Crippen LogP contribution in [0.1, 0.15) is 12.5 Å². The summed E-state index contributed by atoms with van der Waals surface area (Å²) in [6.07, 6.45) is 0. The first-order valence-corrected chi connectivity index (χ1v) is 4.04. The first kappa shape index (κ1) is 8.57. The van der Waals surface area contributed by atoms with E-state index in [1.807, 2.05) is 30.3 Å². The maximum Gasteiger partial charge on any atom is 0.100 e. The van der Waals surface area contributed by atoms with E-state index in [-0.39, 0.29) is 5.88 Å². The second kappa shape index (κ2) is 3.24. The molecule has 1 unspecified atom stereocenters. The molecular weight excluding hydrogens is 160 g/mol. The number of aliphatic hydroxyl groups is 1. The Hall–Kier alpha value is -0.530. The van der Waals surface area contributed by atoms with E-state index in [1.54, 1.807) is 6.92 Å². The molecule has 1 aromatic carbocycles. The third kappa shape index (κ3) is 1.95. The molecular formula is C9H11ClO. The van der Waals surface area contributed by atoms with Crippen molar-refractivity contribution in [2.75, 3.05) is 5.88 Å². The zero-order valence-electron chi connectivity index (χ0n) is 6.42. The molecule has 0 heterocycles. The molecule has 0 saturated heterocycles. The van der Waals surface area contributed by atoms with Gasteiger partial charge in [0.05, 0.1) is 5.88 Å². The summed E-state index contributed by atoms with van der Waals surface area (Å²) in [6, 6.07) is 9.41. The molecule has 0 aliphatic carbocycles. The number of hydrogen-bond donors (Lipinski definition) is 1. The Labute approximate surface area is 71.6 Å². The minimum atomic E-state index is -0.900. The summed E-state index contributed by atoms with van der Waals surface area (Å²) in [7, 11) is 0. The zero-order valence-corrected chi connectivity index (χ0v) is 7.17. The van der Waals surface area contributed by atoms with Crippen molar-refractivity contribution in [3.05, 3.63) is 35.9 Å². The second-order valence-corrected chi connectivity index (χ2v) is 3.04. The summed E-state index contributed by atoms with van der Waals surface area (Å²) in [5.74, 6) is 0.219. The summed E-state index contributed by atoms with van der Waals surface area (Å²) in [4.78, 5) is 0. The van der Waals surface area contributed by atoms with Gasteiger partial charge in [-0.2, -0.15) is 0 Å². The fraction of sp³-hybridized carbons (Fsp3) is 0.333. The lowest BCUT2D eigenvalue weighted by molar-refractivity contribution is 0.0824. The van der Waals surface area contributed by atoms with Crippen molar-refractivity contribution >= 4 is 11.6 Å². The summed E-state index contributed by atoms with van der Waals surface area (Å²) in [6.45, 7) is 1.70. The molecule has 0 aliphatic rings. The average molecular weight is 171 g/mol. The van der Waals surface area contributed by atoms with Crippen molar-refractivity contribution in [1.29, 1.82) is 0 Å². The van der Waals surface area contributed by atoms with Crippen LogP contribution in [0.3, 0.4) is 0 Å². The number of hydrogen-bond acceptors (Lipinski definition) is 1. The van der Waals surface area contributed by atoms with E-state index in [9.17, 15) is 5.11 Å². The molecule has 0 aliphatic heterocycles. The number of alkyl halides is 1. The number of benzene rings is 1. The van der Waals surface area contributed by atoms with Gasteiger partial charge in [0.2, 0.25) is 0 Å². The molecule has 0 saturated carbocycles. The smallest absolute Gasteiger partial charge is 0.100 e. The molecule has 0 spiro atoms. The first-order chi connectivity index (χ1) is 5.17. The van der Waals surface area contributed by atoms with Crippen LogP contribution >= 0.6 is 11.6 Å². The molecule has 0 aromatic heterocycles. The minimum Gasteiger partial charge on any atom is -0.384 e. The fourth-order valence-corrected chi connectivity index (χ4v) is 1.03. The molecule has 0 amide bonds. The van der Waals surface area contributed by atoms with Crippen LogP contribution < -0.4 is 0 Å². The second-order valence-electron chi connectivity index (χ2n) is 2.77. The highest BCUT2D eigenvalue weighted by molar-refractivity contribution is 6.18. The molecule has 0 fully saturated rings. The van der Waals surface area contributed by atoms with Gasteiger partial charge in [-0.1, -0.05) is 30.3 Å². The van der Waals surface area contributed by atoms with Crippen LogP contribution in [0.4, 0.5) is 0 Å². The molecule has 1 rings (SSSR count). The summed E-state index contributed by atoms with van der Waals surface area (Å²) in [5.41, 5.74) is -0.0435. The van der Waals surface area contributed by atoms with Gasteiger partial charge in [-0.3, -0.25) is 0 Å². The number of rotatable bonds is 2. The van der Waals surface area contributed by atoms with Crippen LogP contribution in [0, 0.1) is 0 Å². The Bertz CT molecular complexity index is 218. The maximum atomic E-state index is 9.66. The zero-order chi connectivity index (χ0) is 8.32. The number of halogens is 1. The largest absolute Gasteiger partial charge is 0.384 e. The van der Waals surface area contributed by atoms with Crippen molar-refractivity contribution in [1.82, 2.24) is 0 Å². The Morgan fingerprint density at radius 3 is 2.36 bits per heavy atom. The van der Waals surface area contributed by atoms with E-state index < -0.39 is 5.60 Å². The van der Waals surface area contributed by atoms with Crippen LogP contribution in [0.5, 0.6) is 0 Å². The Kier molecular flexibility index (Phi) is 2.53. The van der Waals surface area contributed by atoms with Crippen LogP contribution in [-0.2, 0) is 5.60 Å². The molecule has 1 N–H and O–H groups in total. The summed E-state index contributed by atoms with van der Waals surface area (Å²) >= 11 is 5.58. The molecule has 1 nitrogen and oxygen atoms in total. The highest BCUT2D eigenvalue weighted by atomic mass is 35.5. The van der Waals surface area contributed by atoms with E-state index >= 15 is 0 Å². The topological polar surface area (TPSA) is 20.2 Å². The van der Waals surface area contributed by atoms with Crippen LogP contribution in [0.15, 0.2) is 30.3 Å². The predicted octanol–water partition coefficient (Wildman–Crippen LogP) is 2.13. The minimum absolute atomic E-state index is 0.219. The lowest BCUT2D eigenvalue weighted by Gasteiger charge is -2.19. The van der Waals surface area contributed by atoms with Gasteiger partial charge in [0.25, 0.3) is 0 Å². The van der Waals surface area contributed by atoms with Gasteiger partial charge in [0.1, 0.15) is 5.60 Å². The molecule has 2 heteroatoms. The highest BCUT2D eigenvalue weighted by Crippen LogP contribution is 2.20. The van der Waals surface area contributed by atoms with Crippen LogP contribution in [-0.4, -0.2) is 11.0 Å². The van der Waals surface area contributed by atoms with Gasteiger partial charge in [-0.25, -0.2) is 0 Å². The third-order valence-electron chi connectivity index (χ3n) is 1.66. The van der Waals surface area contributed by atoms with Crippen molar-refractivity contribution in [2.45, 2.75) is 12.5 Å². The Morgan fingerprint density at radius 2 is 1.91 bits per heavy atom. The molecule has 1 aromatic rings. The molecule has 11 heavy (non-hydrogen) atoms. The summed E-state index contributed by atoms with van der Waals surface area (Å²) < 4.78 is 0. The third-order valence-corrected chi connectivity index (χ3v) is 2.18. The van der Waals surface area contributed by atoms with E-state index in [0.717, 1.165) is 5.56 Å². The quantitative estimate of drug-likeness (QED) is 0.675. The Morgan fingerprint density at radius 1 is 1.36 bits per heavy atom. The Balaban J connectivity index is 2.93. The van der Waals surface area contributed by atoms with Crippen molar-refractivity contribution in [3.8, 4) is 0 Å². The highest BCUT2D eigenvalue weighted by Gasteiger charge is 2.20. The van der Waals surface area contributed by atoms with Gasteiger partial charge < -0.3 is 5.11 Å². The van der Waals surface area contributed by atoms with Crippen molar-refractivity contribution < 1.29 is 5.11 Å². The van der Waals surface area contributed by atoms with E-state index in [1.165, 1.54) is 0 Å².